The highest BCUT2D eigenvalue weighted by molar-refractivity contribution is 6.30. The molecule has 0 aliphatic carbocycles. The van der Waals surface area contributed by atoms with E-state index in [0.29, 0.717) is 16.8 Å². The van der Waals surface area contributed by atoms with Crippen LogP contribution < -0.4 is 4.74 Å². The molecule has 0 heterocycles. The van der Waals surface area contributed by atoms with Crippen molar-refractivity contribution in [3.05, 3.63) is 76.6 Å². The van der Waals surface area contributed by atoms with Crippen LogP contribution in [-0.4, -0.2) is 24.8 Å². The second kappa shape index (κ2) is 7.24. The minimum absolute atomic E-state index is 0.0946. The fourth-order valence-electron chi connectivity index (χ4n) is 1.80. The Hall–Kier alpha value is -2.40. The number of halogens is 3. The summed E-state index contributed by atoms with van der Waals surface area (Å²) in [5.74, 6) is -2.11. The summed E-state index contributed by atoms with van der Waals surface area (Å²) in [5, 5.41) is 0.520. The molecule has 0 spiro atoms. The van der Waals surface area contributed by atoms with Crippen LogP contribution in [-0.2, 0) is 0 Å². The molecule has 3 nitrogen and oxygen atoms in total. The molecule has 120 valence electrons. The van der Waals surface area contributed by atoms with Crippen molar-refractivity contribution in [2.75, 3.05) is 14.1 Å². The molecule has 0 atom stereocenters. The van der Waals surface area contributed by atoms with Gasteiger partial charge < -0.3 is 9.64 Å². The first-order valence-corrected chi connectivity index (χ1v) is 7.06. The van der Waals surface area contributed by atoms with Gasteiger partial charge in [-0.2, -0.15) is 0 Å². The Morgan fingerprint density at radius 2 is 1.78 bits per heavy atom. The maximum absolute atomic E-state index is 13.8. The summed E-state index contributed by atoms with van der Waals surface area (Å²) in [7, 11) is 3.39. The predicted octanol–water partition coefficient (Wildman–Crippen LogP) is 4.28. The number of ether oxygens (including phenoxy) is 1. The summed E-state index contributed by atoms with van der Waals surface area (Å²) in [6, 6.07) is 9.14. The van der Waals surface area contributed by atoms with Crippen molar-refractivity contribution < 1.29 is 18.3 Å². The molecule has 0 saturated heterocycles. The predicted molar refractivity (Wildman–Crippen MR) is 84.5 cm³/mol. The van der Waals surface area contributed by atoms with Gasteiger partial charge in [0.2, 0.25) is 5.78 Å². The smallest absolute Gasteiger partial charge is 0.232 e. The SMILES string of the molecule is CN(C)/C=C(\Oc1ccc(Cl)cc1)C(=O)c1ccc(F)cc1F. The number of hydrogen-bond donors (Lipinski definition) is 0. The maximum Gasteiger partial charge on any atom is 0.232 e. The van der Waals surface area contributed by atoms with Gasteiger partial charge >= 0.3 is 0 Å². The van der Waals surface area contributed by atoms with E-state index in [-0.39, 0.29) is 11.3 Å². The molecule has 0 unspecified atom stereocenters. The number of carbonyl (C=O) groups is 1. The fraction of sp³-hybridized carbons (Fsp3) is 0.118. The average molecular weight is 338 g/mol. The molecular formula is C17H14ClF2NO2. The zero-order valence-electron chi connectivity index (χ0n) is 12.5. The van der Waals surface area contributed by atoms with Crippen molar-refractivity contribution >= 4 is 17.4 Å². The van der Waals surface area contributed by atoms with Crippen LogP contribution in [0.3, 0.4) is 0 Å². The number of nitrogens with zero attached hydrogens (tertiary/aromatic N) is 1. The van der Waals surface area contributed by atoms with Crippen LogP contribution in [0.1, 0.15) is 10.4 Å². The van der Waals surface area contributed by atoms with E-state index in [1.807, 2.05) is 0 Å². The van der Waals surface area contributed by atoms with Gasteiger partial charge in [-0.1, -0.05) is 11.6 Å². The first kappa shape index (κ1) is 17.0. The summed E-state index contributed by atoms with van der Waals surface area (Å²) in [6.07, 6.45) is 1.42. The van der Waals surface area contributed by atoms with E-state index in [1.54, 1.807) is 43.3 Å². The summed E-state index contributed by atoms with van der Waals surface area (Å²) in [4.78, 5) is 14.1. The van der Waals surface area contributed by atoms with Crippen molar-refractivity contribution in [3.63, 3.8) is 0 Å². The van der Waals surface area contributed by atoms with Gasteiger partial charge in [-0.25, -0.2) is 8.78 Å². The molecule has 2 aromatic rings. The van der Waals surface area contributed by atoms with Crippen molar-refractivity contribution in [2.24, 2.45) is 0 Å². The number of hydrogen-bond acceptors (Lipinski definition) is 3. The Bertz CT molecular complexity index is 743. The van der Waals surface area contributed by atoms with Crippen LogP contribution in [0.15, 0.2) is 54.4 Å². The van der Waals surface area contributed by atoms with Crippen molar-refractivity contribution in [1.82, 2.24) is 4.90 Å². The fourth-order valence-corrected chi connectivity index (χ4v) is 1.93. The van der Waals surface area contributed by atoms with Crippen molar-refractivity contribution in [1.29, 1.82) is 0 Å². The largest absolute Gasteiger partial charge is 0.452 e. The Balaban J connectivity index is 2.34. The van der Waals surface area contributed by atoms with Gasteiger partial charge in [0.15, 0.2) is 5.76 Å². The lowest BCUT2D eigenvalue weighted by Crippen LogP contribution is -2.15. The maximum atomic E-state index is 13.8. The topological polar surface area (TPSA) is 29.5 Å². The van der Waals surface area contributed by atoms with Crippen LogP contribution in [0.4, 0.5) is 8.78 Å². The minimum atomic E-state index is -0.945. The Kier molecular flexibility index (Phi) is 5.34. The molecular weight excluding hydrogens is 324 g/mol. The highest BCUT2D eigenvalue weighted by Gasteiger charge is 2.19. The Labute approximate surface area is 137 Å². The van der Waals surface area contributed by atoms with Gasteiger partial charge in [-0.15, -0.1) is 0 Å². The van der Waals surface area contributed by atoms with Crippen LogP contribution in [0.5, 0.6) is 5.75 Å². The van der Waals surface area contributed by atoms with Crippen LogP contribution in [0.25, 0.3) is 0 Å². The standard InChI is InChI=1S/C17H14ClF2NO2/c1-21(2)10-16(23-13-6-3-11(18)4-7-13)17(22)14-8-5-12(19)9-15(14)20/h3-10H,1-2H3/b16-10-. The quantitative estimate of drug-likeness (QED) is 0.463. The third-order valence-electron chi connectivity index (χ3n) is 2.82. The van der Waals surface area contributed by atoms with E-state index in [2.05, 4.69) is 0 Å². The van der Waals surface area contributed by atoms with Crippen LogP contribution in [0.2, 0.25) is 5.02 Å². The van der Waals surface area contributed by atoms with E-state index in [1.165, 1.54) is 6.20 Å². The van der Waals surface area contributed by atoms with E-state index in [0.717, 1.165) is 12.1 Å². The lowest BCUT2D eigenvalue weighted by atomic mass is 10.1. The number of rotatable bonds is 5. The third-order valence-corrected chi connectivity index (χ3v) is 3.07. The molecule has 0 aliphatic heterocycles. The molecule has 23 heavy (non-hydrogen) atoms. The van der Waals surface area contributed by atoms with Crippen LogP contribution in [0, 0.1) is 11.6 Å². The molecule has 0 aromatic heterocycles. The molecule has 0 aliphatic rings. The van der Waals surface area contributed by atoms with E-state index in [9.17, 15) is 13.6 Å². The molecule has 0 amide bonds. The molecule has 0 bridgehead atoms. The van der Waals surface area contributed by atoms with Gasteiger partial charge in [-0.05, 0) is 36.4 Å². The molecule has 6 heteroatoms. The van der Waals surface area contributed by atoms with Crippen molar-refractivity contribution in [2.45, 2.75) is 0 Å². The third kappa shape index (κ3) is 4.53. The number of carbonyl (C=O) groups excluding carboxylic acids is 1. The van der Waals surface area contributed by atoms with Gasteiger partial charge in [0.25, 0.3) is 0 Å². The highest BCUT2D eigenvalue weighted by Crippen LogP contribution is 2.21. The molecule has 2 aromatic carbocycles. The van der Waals surface area contributed by atoms with Crippen LogP contribution >= 0.6 is 11.6 Å². The van der Waals surface area contributed by atoms with E-state index >= 15 is 0 Å². The monoisotopic (exact) mass is 337 g/mol. The first-order chi connectivity index (χ1) is 10.9. The zero-order valence-corrected chi connectivity index (χ0v) is 13.3. The Morgan fingerprint density at radius 3 is 2.35 bits per heavy atom. The lowest BCUT2D eigenvalue weighted by molar-refractivity contribution is 0.0978. The van der Waals surface area contributed by atoms with Gasteiger partial charge in [-0.3, -0.25) is 4.79 Å². The second-order valence-corrected chi connectivity index (χ2v) is 5.40. The highest BCUT2D eigenvalue weighted by atomic mass is 35.5. The molecule has 0 N–H and O–H groups in total. The number of ketones is 1. The molecule has 2 rings (SSSR count). The number of allylic oxidation sites excluding steroid dienone is 1. The Morgan fingerprint density at radius 1 is 1.13 bits per heavy atom. The average Bonchev–Trinajstić information content (AvgIpc) is 2.48. The first-order valence-electron chi connectivity index (χ1n) is 6.68. The molecule has 0 saturated carbocycles. The lowest BCUT2D eigenvalue weighted by Gasteiger charge is -2.13. The summed E-state index contributed by atoms with van der Waals surface area (Å²) in [6.45, 7) is 0. The zero-order chi connectivity index (χ0) is 17.0. The number of benzene rings is 2. The van der Waals surface area contributed by atoms with Gasteiger partial charge in [0, 0.05) is 31.4 Å². The van der Waals surface area contributed by atoms with E-state index in [4.69, 9.17) is 16.3 Å². The van der Waals surface area contributed by atoms with E-state index < -0.39 is 17.4 Å². The summed E-state index contributed by atoms with van der Waals surface area (Å²) >= 11 is 5.80. The molecule has 0 fully saturated rings. The minimum Gasteiger partial charge on any atom is -0.452 e. The summed E-state index contributed by atoms with van der Waals surface area (Å²) < 4.78 is 32.3. The van der Waals surface area contributed by atoms with Crippen molar-refractivity contribution in [3.8, 4) is 5.75 Å². The number of Topliss-reactive ketones (excluding diaryl/α,β-unsaturated/α-hetero) is 1. The van der Waals surface area contributed by atoms with Gasteiger partial charge in [0.1, 0.15) is 17.4 Å². The van der Waals surface area contributed by atoms with Gasteiger partial charge in [0.05, 0.1) is 5.56 Å². The normalized spacial score (nSPS) is 11.3. The summed E-state index contributed by atoms with van der Waals surface area (Å²) in [5.41, 5.74) is -0.270. The second-order valence-electron chi connectivity index (χ2n) is 4.97. The molecule has 0 radical (unpaired) electrons.